The molecule has 7 heteroatoms. The highest BCUT2D eigenvalue weighted by molar-refractivity contribution is 7.89. The summed E-state index contributed by atoms with van der Waals surface area (Å²) in [7, 11) is -0.554. The van der Waals surface area contributed by atoms with Gasteiger partial charge >= 0.3 is 0 Å². The summed E-state index contributed by atoms with van der Waals surface area (Å²) in [6, 6.07) is 6.26. The van der Waals surface area contributed by atoms with E-state index in [0.29, 0.717) is 17.5 Å². The smallest absolute Gasteiger partial charge is 0.242 e. The molecular weight excluding hydrogens is 314 g/mol. The quantitative estimate of drug-likeness (QED) is 0.865. The molecule has 2 aliphatic carbocycles. The SMILES string of the molecule is CN(C)S(=O)(=O)c1cccc(NC(=O)C2C3CCC(C3)C2N)c1. The summed E-state index contributed by atoms with van der Waals surface area (Å²) in [4.78, 5) is 12.7. The second-order valence-corrected chi connectivity index (χ2v) is 8.89. The Labute approximate surface area is 137 Å². The Bertz CT molecular complexity index is 715. The van der Waals surface area contributed by atoms with Gasteiger partial charge in [0.05, 0.1) is 10.8 Å². The zero-order valence-electron chi connectivity index (χ0n) is 13.4. The first-order valence-corrected chi connectivity index (χ1v) is 9.34. The van der Waals surface area contributed by atoms with Crippen molar-refractivity contribution >= 4 is 21.6 Å². The van der Waals surface area contributed by atoms with Crippen LogP contribution < -0.4 is 11.1 Å². The Kier molecular flexibility index (Phi) is 4.20. The van der Waals surface area contributed by atoms with Gasteiger partial charge in [-0.2, -0.15) is 0 Å². The lowest BCUT2D eigenvalue weighted by atomic mass is 9.84. The van der Waals surface area contributed by atoms with Gasteiger partial charge in [-0.15, -0.1) is 0 Å². The van der Waals surface area contributed by atoms with Gasteiger partial charge in [-0.3, -0.25) is 4.79 Å². The third-order valence-corrected chi connectivity index (χ3v) is 6.97. The Balaban J connectivity index is 1.77. The van der Waals surface area contributed by atoms with Crippen molar-refractivity contribution in [2.75, 3.05) is 19.4 Å². The van der Waals surface area contributed by atoms with Crippen LogP contribution in [0.25, 0.3) is 0 Å². The Morgan fingerprint density at radius 2 is 1.96 bits per heavy atom. The number of carbonyl (C=O) groups is 1. The zero-order chi connectivity index (χ0) is 16.8. The molecule has 1 amide bonds. The molecule has 3 N–H and O–H groups in total. The number of carbonyl (C=O) groups excluding carboxylic acids is 1. The number of nitrogens with two attached hydrogens (primary N) is 1. The highest BCUT2D eigenvalue weighted by Crippen LogP contribution is 2.47. The number of anilines is 1. The minimum absolute atomic E-state index is 0.0811. The highest BCUT2D eigenvalue weighted by atomic mass is 32.2. The van der Waals surface area contributed by atoms with Crippen LogP contribution in [-0.2, 0) is 14.8 Å². The van der Waals surface area contributed by atoms with Crippen LogP contribution >= 0.6 is 0 Å². The minimum Gasteiger partial charge on any atom is -0.327 e. The Morgan fingerprint density at radius 1 is 1.26 bits per heavy atom. The van der Waals surface area contributed by atoms with E-state index in [2.05, 4.69) is 5.32 Å². The van der Waals surface area contributed by atoms with Gasteiger partial charge < -0.3 is 11.1 Å². The van der Waals surface area contributed by atoms with Gasteiger partial charge in [0.15, 0.2) is 0 Å². The molecule has 3 rings (SSSR count). The maximum absolute atomic E-state index is 12.6. The molecule has 126 valence electrons. The fourth-order valence-corrected chi connectivity index (χ4v) is 4.84. The van der Waals surface area contributed by atoms with Crippen molar-refractivity contribution in [2.45, 2.75) is 30.2 Å². The predicted molar refractivity (Wildman–Crippen MR) is 88.2 cm³/mol. The van der Waals surface area contributed by atoms with Crippen LogP contribution in [-0.4, -0.2) is 38.8 Å². The summed E-state index contributed by atoms with van der Waals surface area (Å²) in [5.74, 6) is 0.562. The van der Waals surface area contributed by atoms with E-state index in [1.807, 2.05) is 0 Å². The molecule has 0 heterocycles. The molecule has 1 aromatic carbocycles. The topological polar surface area (TPSA) is 92.5 Å². The van der Waals surface area contributed by atoms with Gasteiger partial charge in [0.25, 0.3) is 0 Å². The minimum atomic E-state index is -3.52. The number of fused-ring (bicyclic) bond motifs is 2. The van der Waals surface area contributed by atoms with E-state index in [1.54, 1.807) is 12.1 Å². The van der Waals surface area contributed by atoms with Gasteiger partial charge in [0.1, 0.15) is 0 Å². The number of sulfonamides is 1. The van der Waals surface area contributed by atoms with Crippen LogP contribution in [0, 0.1) is 17.8 Å². The average Bonchev–Trinajstić information content (AvgIpc) is 3.08. The molecule has 0 spiro atoms. The summed E-state index contributed by atoms with van der Waals surface area (Å²) in [6.45, 7) is 0. The standard InChI is InChI=1S/C16H23N3O3S/c1-19(2)23(21,22)13-5-3-4-12(9-13)18-16(20)14-10-6-7-11(8-10)15(14)17/h3-5,9-11,14-15H,6-8,17H2,1-2H3,(H,18,20). The van der Waals surface area contributed by atoms with Crippen LogP contribution in [0.15, 0.2) is 29.2 Å². The number of nitrogens with one attached hydrogen (secondary N) is 1. The summed E-state index contributed by atoms with van der Waals surface area (Å²) in [5, 5.41) is 2.85. The first-order chi connectivity index (χ1) is 10.8. The highest BCUT2D eigenvalue weighted by Gasteiger charge is 2.49. The average molecular weight is 337 g/mol. The fourth-order valence-electron chi connectivity index (χ4n) is 3.90. The van der Waals surface area contributed by atoms with Crippen molar-refractivity contribution in [3.05, 3.63) is 24.3 Å². The lowest BCUT2D eigenvalue weighted by Crippen LogP contribution is -2.42. The number of benzene rings is 1. The second-order valence-electron chi connectivity index (χ2n) is 6.74. The molecule has 0 aliphatic heterocycles. The summed E-state index contributed by atoms with van der Waals surface area (Å²) >= 11 is 0. The van der Waals surface area contributed by atoms with Crippen molar-refractivity contribution in [3.8, 4) is 0 Å². The first-order valence-electron chi connectivity index (χ1n) is 7.89. The third kappa shape index (κ3) is 2.88. The number of hydrogen-bond donors (Lipinski definition) is 2. The first kappa shape index (κ1) is 16.4. The largest absolute Gasteiger partial charge is 0.327 e. The van der Waals surface area contributed by atoms with E-state index in [-0.39, 0.29) is 22.8 Å². The molecule has 0 saturated heterocycles. The van der Waals surface area contributed by atoms with Crippen molar-refractivity contribution < 1.29 is 13.2 Å². The maximum Gasteiger partial charge on any atom is 0.242 e. The van der Waals surface area contributed by atoms with Crippen LogP contribution in [0.1, 0.15) is 19.3 Å². The van der Waals surface area contributed by atoms with Crippen LogP contribution in [0.2, 0.25) is 0 Å². The molecule has 1 aromatic rings. The Hall–Kier alpha value is -1.44. The molecule has 2 bridgehead atoms. The van der Waals surface area contributed by atoms with E-state index in [4.69, 9.17) is 5.73 Å². The van der Waals surface area contributed by atoms with Crippen LogP contribution in [0.4, 0.5) is 5.69 Å². The van der Waals surface area contributed by atoms with Crippen LogP contribution in [0.3, 0.4) is 0 Å². The van der Waals surface area contributed by atoms with Gasteiger partial charge in [-0.25, -0.2) is 12.7 Å². The molecule has 2 fully saturated rings. The molecule has 23 heavy (non-hydrogen) atoms. The van der Waals surface area contributed by atoms with Gasteiger partial charge in [-0.05, 0) is 49.3 Å². The van der Waals surface area contributed by atoms with Crippen molar-refractivity contribution in [1.82, 2.24) is 4.31 Å². The maximum atomic E-state index is 12.6. The van der Waals surface area contributed by atoms with Crippen molar-refractivity contribution in [2.24, 2.45) is 23.5 Å². The van der Waals surface area contributed by atoms with Crippen molar-refractivity contribution in [3.63, 3.8) is 0 Å². The van der Waals surface area contributed by atoms with E-state index in [0.717, 1.165) is 23.6 Å². The summed E-state index contributed by atoms with van der Waals surface area (Å²) in [5.41, 5.74) is 6.69. The zero-order valence-corrected chi connectivity index (χ0v) is 14.2. The fraction of sp³-hybridized carbons (Fsp3) is 0.562. The lowest BCUT2D eigenvalue weighted by molar-refractivity contribution is -0.121. The van der Waals surface area contributed by atoms with E-state index in [1.165, 1.54) is 26.2 Å². The number of amides is 1. The number of hydrogen-bond acceptors (Lipinski definition) is 4. The number of nitrogens with zero attached hydrogens (tertiary/aromatic N) is 1. The van der Waals surface area contributed by atoms with E-state index in [9.17, 15) is 13.2 Å². The van der Waals surface area contributed by atoms with Gasteiger partial charge in [-0.1, -0.05) is 6.07 Å². The third-order valence-electron chi connectivity index (χ3n) is 5.16. The van der Waals surface area contributed by atoms with Gasteiger partial charge in [0.2, 0.25) is 15.9 Å². The summed E-state index contributed by atoms with van der Waals surface area (Å²) < 4.78 is 25.5. The van der Waals surface area contributed by atoms with E-state index >= 15 is 0 Å². The molecule has 2 aliphatic rings. The van der Waals surface area contributed by atoms with Crippen molar-refractivity contribution in [1.29, 1.82) is 0 Å². The van der Waals surface area contributed by atoms with E-state index < -0.39 is 10.0 Å². The molecule has 4 atom stereocenters. The molecule has 6 nitrogen and oxygen atoms in total. The molecule has 0 aromatic heterocycles. The summed E-state index contributed by atoms with van der Waals surface area (Å²) in [6.07, 6.45) is 3.21. The predicted octanol–water partition coefficient (Wildman–Crippen LogP) is 1.25. The van der Waals surface area contributed by atoms with Crippen LogP contribution in [0.5, 0.6) is 0 Å². The molecule has 4 unspecified atom stereocenters. The van der Waals surface area contributed by atoms with Gasteiger partial charge in [0, 0.05) is 25.8 Å². The molecule has 2 saturated carbocycles. The molecule has 0 radical (unpaired) electrons. The Morgan fingerprint density at radius 3 is 2.57 bits per heavy atom. The number of rotatable bonds is 4. The lowest BCUT2D eigenvalue weighted by Gasteiger charge is -2.27. The molecular formula is C16H23N3O3S. The monoisotopic (exact) mass is 337 g/mol. The second kappa shape index (κ2) is 5.89. The normalized spacial score (nSPS) is 29.9.